The van der Waals surface area contributed by atoms with Crippen LogP contribution >= 0.6 is 0 Å². The van der Waals surface area contributed by atoms with Crippen molar-refractivity contribution in [3.05, 3.63) is 0 Å². The van der Waals surface area contributed by atoms with E-state index in [4.69, 9.17) is 0 Å². The number of fused-ring (bicyclic) bond motifs is 2. The summed E-state index contributed by atoms with van der Waals surface area (Å²) in [4.78, 5) is 0. The molecular weight excluding hydrogens is 276 g/mol. The van der Waals surface area contributed by atoms with Gasteiger partial charge in [-0.1, -0.05) is 0 Å². The molecule has 0 saturated carbocycles. The van der Waals surface area contributed by atoms with E-state index in [2.05, 4.69) is 4.72 Å². The van der Waals surface area contributed by atoms with Crippen molar-refractivity contribution in [2.75, 3.05) is 12.0 Å². The Bertz CT molecular complexity index is 500. The van der Waals surface area contributed by atoms with Crippen LogP contribution in [0.4, 0.5) is 0 Å². The molecule has 0 aromatic heterocycles. The molecule has 0 aromatic carbocycles. The molecule has 2 aliphatic heterocycles. The Morgan fingerprint density at radius 1 is 1.11 bits per heavy atom. The molecule has 0 amide bonds. The fourth-order valence-electron chi connectivity index (χ4n) is 3.11. The third-order valence-electron chi connectivity index (χ3n) is 3.78. The lowest BCUT2D eigenvalue weighted by atomic mass is 10.0. The summed E-state index contributed by atoms with van der Waals surface area (Å²) in [6.45, 7) is 1.60. The predicted octanol–water partition coefficient (Wildman–Crippen LogP) is -0.119. The maximum Gasteiger partial charge on any atom is 0.211 e. The van der Waals surface area contributed by atoms with E-state index in [1.54, 1.807) is 11.2 Å². The Balaban J connectivity index is 2.10. The second-order valence-corrected chi connectivity index (χ2v) is 9.10. The van der Waals surface area contributed by atoms with Crippen molar-refractivity contribution in [1.82, 2.24) is 9.03 Å². The molecule has 2 bridgehead atoms. The van der Waals surface area contributed by atoms with Gasteiger partial charge in [-0.25, -0.2) is 21.6 Å². The van der Waals surface area contributed by atoms with Gasteiger partial charge in [0.2, 0.25) is 20.0 Å². The Morgan fingerprint density at radius 2 is 1.61 bits per heavy atom. The molecule has 1 N–H and O–H groups in total. The van der Waals surface area contributed by atoms with Crippen molar-refractivity contribution in [2.45, 2.75) is 50.7 Å². The minimum atomic E-state index is -3.21. The zero-order valence-corrected chi connectivity index (χ0v) is 12.3. The fourth-order valence-corrected chi connectivity index (χ4v) is 5.44. The van der Waals surface area contributed by atoms with E-state index in [0.29, 0.717) is 12.8 Å². The second kappa shape index (κ2) is 4.73. The van der Waals surface area contributed by atoms with Crippen LogP contribution in [0.1, 0.15) is 32.6 Å². The van der Waals surface area contributed by atoms with E-state index >= 15 is 0 Å². The van der Waals surface area contributed by atoms with Crippen LogP contribution in [0.3, 0.4) is 0 Å². The molecule has 2 rings (SSSR count). The average Bonchev–Trinajstić information content (AvgIpc) is 2.51. The first-order valence-electron chi connectivity index (χ1n) is 6.21. The molecule has 2 heterocycles. The second-order valence-electron chi connectivity index (χ2n) is 5.17. The van der Waals surface area contributed by atoms with Gasteiger partial charge < -0.3 is 0 Å². The number of hydrogen-bond donors (Lipinski definition) is 1. The highest BCUT2D eigenvalue weighted by Gasteiger charge is 2.45. The van der Waals surface area contributed by atoms with Crippen LogP contribution in [0.25, 0.3) is 0 Å². The van der Waals surface area contributed by atoms with Gasteiger partial charge in [0.1, 0.15) is 0 Å². The average molecular weight is 296 g/mol. The van der Waals surface area contributed by atoms with E-state index in [-0.39, 0.29) is 23.9 Å². The van der Waals surface area contributed by atoms with Gasteiger partial charge in [0, 0.05) is 18.1 Å². The lowest BCUT2D eigenvalue weighted by Gasteiger charge is -2.37. The lowest BCUT2D eigenvalue weighted by molar-refractivity contribution is 0.221. The van der Waals surface area contributed by atoms with Gasteiger partial charge in [0.05, 0.1) is 12.0 Å². The van der Waals surface area contributed by atoms with Crippen molar-refractivity contribution >= 4 is 20.0 Å². The number of nitrogens with one attached hydrogen (secondary N) is 1. The minimum absolute atomic E-state index is 0.0386. The molecule has 0 radical (unpaired) electrons. The fraction of sp³-hybridized carbons (Fsp3) is 1.00. The molecule has 0 spiro atoms. The van der Waals surface area contributed by atoms with Crippen LogP contribution < -0.4 is 4.72 Å². The third-order valence-corrected chi connectivity index (χ3v) is 6.59. The van der Waals surface area contributed by atoms with Crippen molar-refractivity contribution in [2.24, 2.45) is 0 Å². The maximum absolute atomic E-state index is 11.7. The van der Waals surface area contributed by atoms with Gasteiger partial charge in [-0.05, 0) is 32.6 Å². The Kier molecular flexibility index (Phi) is 3.74. The van der Waals surface area contributed by atoms with Gasteiger partial charge >= 0.3 is 0 Å². The summed E-state index contributed by atoms with van der Waals surface area (Å²) >= 11 is 0. The van der Waals surface area contributed by atoms with E-state index < -0.39 is 20.0 Å². The third kappa shape index (κ3) is 2.87. The van der Waals surface area contributed by atoms with E-state index in [1.807, 2.05) is 0 Å². The van der Waals surface area contributed by atoms with E-state index in [0.717, 1.165) is 12.8 Å². The van der Waals surface area contributed by atoms with Crippen LogP contribution in [-0.2, 0) is 20.0 Å². The van der Waals surface area contributed by atoms with Gasteiger partial charge in [-0.2, -0.15) is 4.31 Å². The highest BCUT2D eigenvalue weighted by molar-refractivity contribution is 7.89. The molecule has 18 heavy (non-hydrogen) atoms. The first-order valence-corrected chi connectivity index (χ1v) is 9.71. The van der Waals surface area contributed by atoms with Crippen molar-refractivity contribution < 1.29 is 16.8 Å². The van der Waals surface area contributed by atoms with Crippen LogP contribution in [0.15, 0.2) is 0 Å². The number of hydrogen-bond acceptors (Lipinski definition) is 4. The standard InChI is InChI=1S/C10H20N2O4S2/c1-3-18(15,16)11-8-6-9-4-5-10(7-8)12(9)17(2,13)14/h8-11H,3-7H2,1-2H3/t8?,9-,10+. The van der Waals surface area contributed by atoms with Gasteiger partial charge in [0.15, 0.2) is 0 Å². The summed E-state index contributed by atoms with van der Waals surface area (Å²) in [5.74, 6) is 0.0641. The zero-order valence-electron chi connectivity index (χ0n) is 10.7. The summed E-state index contributed by atoms with van der Waals surface area (Å²) in [5, 5.41) is 0. The van der Waals surface area contributed by atoms with Crippen molar-refractivity contribution in [3.63, 3.8) is 0 Å². The van der Waals surface area contributed by atoms with Gasteiger partial charge in [0.25, 0.3) is 0 Å². The topological polar surface area (TPSA) is 83.6 Å². The quantitative estimate of drug-likeness (QED) is 0.784. The molecule has 0 aromatic rings. The molecule has 1 unspecified atom stereocenters. The van der Waals surface area contributed by atoms with Crippen LogP contribution in [0.2, 0.25) is 0 Å². The summed E-state index contributed by atoms with van der Waals surface area (Å²) in [6.07, 6.45) is 4.07. The number of piperidine rings is 1. The summed E-state index contributed by atoms with van der Waals surface area (Å²) in [5.41, 5.74) is 0. The lowest BCUT2D eigenvalue weighted by Crippen LogP contribution is -2.52. The first kappa shape index (κ1) is 14.2. The largest absolute Gasteiger partial charge is 0.212 e. The van der Waals surface area contributed by atoms with Crippen molar-refractivity contribution in [1.29, 1.82) is 0 Å². The molecule has 3 atom stereocenters. The molecule has 8 heteroatoms. The van der Waals surface area contributed by atoms with Gasteiger partial charge in [-0.3, -0.25) is 0 Å². The number of nitrogens with zero attached hydrogens (tertiary/aromatic N) is 1. The molecule has 106 valence electrons. The predicted molar refractivity (Wildman–Crippen MR) is 69.1 cm³/mol. The van der Waals surface area contributed by atoms with Crippen LogP contribution in [0, 0.1) is 0 Å². The Hall–Kier alpha value is -0.180. The minimum Gasteiger partial charge on any atom is -0.212 e. The molecule has 2 fully saturated rings. The SMILES string of the molecule is CCS(=O)(=O)NC1C[C@H]2CC[C@@H](C1)N2S(C)(=O)=O. The molecule has 2 saturated heterocycles. The van der Waals surface area contributed by atoms with E-state index in [1.165, 1.54) is 6.26 Å². The molecule has 6 nitrogen and oxygen atoms in total. The summed E-state index contributed by atoms with van der Waals surface area (Å²) < 4.78 is 50.7. The van der Waals surface area contributed by atoms with E-state index in [9.17, 15) is 16.8 Å². The first-order chi connectivity index (χ1) is 8.23. The number of rotatable bonds is 4. The summed E-state index contributed by atoms with van der Waals surface area (Å²) in [7, 11) is -6.39. The zero-order chi connectivity index (χ0) is 13.6. The maximum atomic E-state index is 11.7. The highest BCUT2D eigenvalue weighted by atomic mass is 32.2. The Morgan fingerprint density at radius 3 is 2.00 bits per heavy atom. The number of sulfonamides is 2. The molecule has 0 aliphatic carbocycles. The van der Waals surface area contributed by atoms with Gasteiger partial charge in [-0.15, -0.1) is 0 Å². The summed E-state index contributed by atoms with van der Waals surface area (Å²) in [6, 6.07) is -0.197. The smallest absolute Gasteiger partial charge is 0.211 e. The highest BCUT2D eigenvalue weighted by Crippen LogP contribution is 2.37. The van der Waals surface area contributed by atoms with Crippen LogP contribution in [0.5, 0.6) is 0 Å². The normalized spacial score (nSPS) is 33.8. The molecular formula is C10H20N2O4S2. The van der Waals surface area contributed by atoms with Crippen LogP contribution in [-0.4, -0.2) is 51.3 Å². The Labute approximate surface area is 109 Å². The molecule has 2 aliphatic rings. The van der Waals surface area contributed by atoms with Crippen molar-refractivity contribution in [3.8, 4) is 0 Å². The monoisotopic (exact) mass is 296 g/mol.